The fourth-order valence-electron chi connectivity index (χ4n) is 4.14. The highest BCUT2D eigenvalue weighted by Crippen LogP contribution is 2.54. The third-order valence-electron chi connectivity index (χ3n) is 5.42. The van der Waals surface area contributed by atoms with Gasteiger partial charge in [0.15, 0.2) is 0 Å². The summed E-state index contributed by atoms with van der Waals surface area (Å²) >= 11 is 0. The lowest BCUT2D eigenvalue weighted by Crippen LogP contribution is -2.63. The first-order valence-electron chi connectivity index (χ1n) is 8.63. The Kier molecular flexibility index (Phi) is 4.84. The summed E-state index contributed by atoms with van der Waals surface area (Å²) in [4.78, 5) is 22.4. The number of nitrogens with one attached hydrogen (secondary N) is 1. The Bertz CT molecular complexity index is 609. The average Bonchev–Trinajstić information content (AvgIpc) is 3.22. The van der Waals surface area contributed by atoms with Gasteiger partial charge in [-0.25, -0.2) is 0 Å². The Morgan fingerprint density at radius 3 is 2.92 bits per heavy atom. The smallest absolute Gasteiger partial charge is 0.306 e. The summed E-state index contributed by atoms with van der Waals surface area (Å²) in [6.07, 6.45) is 8.60. The minimum Gasteiger partial charge on any atom is -0.378 e. The van der Waals surface area contributed by atoms with Gasteiger partial charge in [-0.2, -0.15) is 5.10 Å². The lowest BCUT2D eigenvalue weighted by atomic mass is 9.60. The van der Waals surface area contributed by atoms with Gasteiger partial charge >= 0.3 is 5.69 Å². The summed E-state index contributed by atoms with van der Waals surface area (Å²) in [5, 5.41) is 17.7. The van der Waals surface area contributed by atoms with E-state index in [9.17, 15) is 14.9 Å². The number of nitrogens with zero attached hydrogens (tertiary/aromatic N) is 3. The van der Waals surface area contributed by atoms with Gasteiger partial charge in [0.05, 0.1) is 11.0 Å². The normalized spacial score (nSPS) is 24.7. The molecule has 0 radical (unpaired) electrons. The number of nitro groups is 1. The third-order valence-corrected chi connectivity index (χ3v) is 5.42. The van der Waals surface area contributed by atoms with Crippen molar-refractivity contribution in [2.45, 2.75) is 64.1 Å². The molecule has 1 aromatic heterocycles. The van der Waals surface area contributed by atoms with Crippen LogP contribution in [0.5, 0.6) is 0 Å². The zero-order valence-corrected chi connectivity index (χ0v) is 13.9. The molecule has 2 aliphatic rings. The molecule has 2 atom stereocenters. The maximum absolute atomic E-state index is 12.2. The number of aryl methyl sites for hydroxylation is 1. The molecule has 0 bridgehead atoms. The van der Waals surface area contributed by atoms with Crippen molar-refractivity contribution in [3.8, 4) is 0 Å². The molecule has 132 valence electrons. The number of hydrogen-bond donors (Lipinski definition) is 1. The minimum atomic E-state index is -0.490. The second kappa shape index (κ2) is 6.88. The van der Waals surface area contributed by atoms with E-state index in [4.69, 9.17) is 4.74 Å². The Balaban J connectivity index is 1.50. The first-order valence-corrected chi connectivity index (χ1v) is 8.63. The van der Waals surface area contributed by atoms with Crippen LogP contribution in [0.25, 0.3) is 0 Å². The molecule has 2 aliphatic carbocycles. The van der Waals surface area contributed by atoms with Crippen LogP contribution in [-0.2, 0) is 16.1 Å². The van der Waals surface area contributed by atoms with E-state index in [0.717, 1.165) is 19.3 Å². The molecule has 8 heteroatoms. The fraction of sp³-hybridized carbons (Fsp3) is 0.750. The Hall–Kier alpha value is -1.96. The summed E-state index contributed by atoms with van der Waals surface area (Å²) in [5.74, 6) is -0.0284. The van der Waals surface area contributed by atoms with Gasteiger partial charge < -0.3 is 10.1 Å². The molecule has 2 fully saturated rings. The molecule has 3 rings (SSSR count). The van der Waals surface area contributed by atoms with Crippen LogP contribution in [-0.4, -0.2) is 39.4 Å². The van der Waals surface area contributed by atoms with E-state index in [-0.39, 0.29) is 35.6 Å². The summed E-state index contributed by atoms with van der Waals surface area (Å²) in [7, 11) is 0. The highest BCUT2D eigenvalue weighted by Gasteiger charge is 2.57. The van der Waals surface area contributed by atoms with Crippen LogP contribution < -0.4 is 5.32 Å². The van der Waals surface area contributed by atoms with Crippen LogP contribution in [0.15, 0.2) is 12.4 Å². The fourth-order valence-corrected chi connectivity index (χ4v) is 4.14. The van der Waals surface area contributed by atoms with Gasteiger partial charge in [0.2, 0.25) is 5.91 Å². The van der Waals surface area contributed by atoms with Crippen LogP contribution in [0, 0.1) is 15.5 Å². The largest absolute Gasteiger partial charge is 0.378 e. The van der Waals surface area contributed by atoms with Crippen LogP contribution >= 0.6 is 0 Å². The second-order valence-electron chi connectivity index (χ2n) is 6.71. The molecule has 0 saturated heterocycles. The molecule has 24 heavy (non-hydrogen) atoms. The number of amides is 1. The van der Waals surface area contributed by atoms with E-state index in [1.807, 2.05) is 6.92 Å². The van der Waals surface area contributed by atoms with Crippen molar-refractivity contribution >= 4 is 11.6 Å². The number of hydrogen-bond acceptors (Lipinski definition) is 5. The maximum Gasteiger partial charge on any atom is 0.306 e. The molecule has 2 saturated carbocycles. The average molecular weight is 336 g/mol. The van der Waals surface area contributed by atoms with Gasteiger partial charge in [0, 0.05) is 31.0 Å². The Morgan fingerprint density at radius 2 is 2.29 bits per heavy atom. The Labute approximate surface area is 140 Å². The quantitative estimate of drug-likeness (QED) is 0.607. The second-order valence-corrected chi connectivity index (χ2v) is 6.71. The zero-order valence-electron chi connectivity index (χ0n) is 13.9. The molecular weight excluding hydrogens is 312 g/mol. The van der Waals surface area contributed by atoms with Gasteiger partial charge in [0.1, 0.15) is 12.4 Å². The van der Waals surface area contributed by atoms with Crippen LogP contribution in [0.2, 0.25) is 0 Å². The van der Waals surface area contributed by atoms with Crippen molar-refractivity contribution in [3.05, 3.63) is 22.5 Å². The molecule has 0 aromatic carbocycles. The van der Waals surface area contributed by atoms with E-state index >= 15 is 0 Å². The van der Waals surface area contributed by atoms with Crippen LogP contribution in [0.3, 0.4) is 0 Å². The van der Waals surface area contributed by atoms with Crippen molar-refractivity contribution in [2.24, 2.45) is 5.41 Å². The highest BCUT2D eigenvalue weighted by molar-refractivity contribution is 5.76. The molecular formula is C16H24N4O4. The number of carbonyl (C=O) groups is 1. The van der Waals surface area contributed by atoms with Crippen molar-refractivity contribution < 1.29 is 14.5 Å². The molecule has 1 aromatic rings. The molecule has 0 unspecified atom stereocenters. The zero-order chi connectivity index (χ0) is 17.2. The lowest BCUT2D eigenvalue weighted by Gasteiger charge is -2.54. The van der Waals surface area contributed by atoms with E-state index in [0.29, 0.717) is 13.2 Å². The van der Waals surface area contributed by atoms with E-state index in [1.54, 1.807) is 0 Å². The van der Waals surface area contributed by atoms with Gasteiger partial charge in [-0.15, -0.1) is 0 Å². The minimum absolute atomic E-state index is 0.0284. The Morgan fingerprint density at radius 1 is 1.54 bits per heavy atom. The maximum atomic E-state index is 12.2. The third kappa shape index (κ3) is 3.15. The highest BCUT2D eigenvalue weighted by atomic mass is 16.6. The van der Waals surface area contributed by atoms with Crippen LogP contribution in [0.1, 0.15) is 45.4 Å². The van der Waals surface area contributed by atoms with Crippen LogP contribution in [0.4, 0.5) is 5.69 Å². The van der Waals surface area contributed by atoms with E-state index in [1.165, 1.54) is 29.9 Å². The first kappa shape index (κ1) is 16.9. The molecule has 8 nitrogen and oxygen atoms in total. The summed E-state index contributed by atoms with van der Waals surface area (Å²) in [6.45, 7) is 3.07. The predicted octanol–water partition coefficient (Wildman–Crippen LogP) is 2.04. The first-order chi connectivity index (χ1) is 11.5. The van der Waals surface area contributed by atoms with E-state index in [2.05, 4.69) is 10.4 Å². The van der Waals surface area contributed by atoms with Crippen molar-refractivity contribution in [3.63, 3.8) is 0 Å². The van der Waals surface area contributed by atoms with E-state index < -0.39 is 4.92 Å². The predicted molar refractivity (Wildman–Crippen MR) is 86.4 cm³/mol. The molecule has 1 amide bonds. The van der Waals surface area contributed by atoms with Crippen molar-refractivity contribution in [1.82, 2.24) is 15.1 Å². The summed E-state index contributed by atoms with van der Waals surface area (Å²) < 4.78 is 7.29. The summed E-state index contributed by atoms with van der Waals surface area (Å²) in [6, 6.07) is 0.191. The number of ether oxygens (including phenoxy) is 1. The number of carbonyl (C=O) groups excluding carboxylic acids is 1. The number of rotatable bonds is 7. The van der Waals surface area contributed by atoms with Crippen molar-refractivity contribution in [1.29, 1.82) is 0 Å². The monoisotopic (exact) mass is 336 g/mol. The van der Waals surface area contributed by atoms with Gasteiger partial charge in [-0.1, -0.05) is 12.8 Å². The lowest BCUT2D eigenvalue weighted by molar-refractivity contribution is -0.385. The standard InChI is InChI=1S/C16H24N4O4/c1-2-24-14-9-13(16(14)6-3-4-7-16)18-15(21)5-8-19-11-12(10-17-19)20(22)23/h10-11,13-14H,2-9H2,1H3,(H,18,21)/t13-,14+/m0/s1. The summed E-state index contributed by atoms with van der Waals surface area (Å²) in [5.41, 5.74) is 0.0646. The SMILES string of the molecule is CCO[C@@H]1C[C@H](NC(=O)CCn2cc([N+](=O)[O-])cn2)C12CCCC2. The molecule has 1 N–H and O–H groups in total. The van der Waals surface area contributed by atoms with Gasteiger partial charge in [0.25, 0.3) is 0 Å². The molecule has 1 spiro atoms. The van der Waals surface area contributed by atoms with Crippen molar-refractivity contribution in [2.75, 3.05) is 6.61 Å². The van der Waals surface area contributed by atoms with Gasteiger partial charge in [-0.05, 0) is 26.2 Å². The number of aromatic nitrogens is 2. The topological polar surface area (TPSA) is 99.3 Å². The van der Waals surface area contributed by atoms with Gasteiger partial charge in [-0.3, -0.25) is 19.6 Å². The molecule has 0 aliphatic heterocycles. The molecule has 1 heterocycles.